The lowest BCUT2D eigenvalue weighted by molar-refractivity contribution is 0.0942. The summed E-state index contributed by atoms with van der Waals surface area (Å²) in [5, 5.41) is 15.9. The molecule has 0 saturated heterocycles. The summed E-state index contributed by atoms with van der Waals surface area (Å²) in [6.07, 6.45) is 3.26. The van der Waals surface area contributed by atoms with Gasteiger partial charge in [0, 0.05) is 19.3 Å². The average Bonchev–Trinajstić information content (AvgIpc) is 2.94. The predicted molar refractivity (Wildman–Crippen MR) is 76.9 cm³/mol. The maximum Gasteiger partial charge on any atom is 0.254 e. The number of amides is 1. The third-order valence-electron chi connectivity index (χ3n) is 3.13. The highest BCUT2D eigenvalue weighted by Gasteiger charge is 2.11. The van der Waals surface area contributed by atoms with Gasteiger partial charge in [0.1, 0.15) is 0 Å². The summed E-state index contributed by atoms with van der Waals surface area (Å²) in [6, 6.07) is 7.86. The highest BCUT2D eigenvalue weighted by molar-refractivity contribution is 5.93. The van der Waals surface area contributed by atoms with Crippen molar-refractivity contribution in [2.24, 2.45) is 5.92 Å². The molecule has 2 N–H and O–H groups in total. The van der Waals surface area contributed by atoms with Crippen molar-refractivity contribution >= 4 is 5.91 Å². The summed E-state index contributed by atoms with van der Waals surface area (Å²) in [5.74, 6) is -0.129. The minimum atomic E-state index is -0.176. The van der Waals surface area contributed by atoms with Gasteiger partial charge in [-0.05, 0) is 24.5 Å². The van der Waals surface area contributed by atoms with Gasteiger partial charge in [0.05, 0.1) is 17.4 Å². The van der Waals surface area contributed by atoms with Crippen molar-refractivity contribution in [3.8, 4) is 5.69 Å². The molecule has 20 heavy (non-hydrogen) atoms. The number of nitrogens with zero attached hydrogens (tertiary/aromatic N) is 2. The summed E-state index contributed by atoms with van der Waals surface area (Å²) < 4.78 is 1.69. The third-order valence-corrected chi connectivity index (χ3v) is 3.13. The number of para-hydroxylation sites is 1. The van der Waals surface area contributed by atoms with Crippen LogP contribution in [-0.4, -0.2) is 33.9 Å². The maximum atomic E-state index is 11.9. The second kappa shape index (κ2) is 6.34. The predicted octanol–water partition coefficient (Wildman–Crippen LogP) is 1.54. The Morgan fingerprint density at radius 2 is 2.20 bits per heavy atom. The molecule has 106 valence electrons. The summed E-state index contributed by atoms with van der Waals surface area (Å²) in [4.78, 5) is 11.9. The molecule has 1 unspecified atom stereocenters. The van der Waals surface area contributed by atoms with Crippen LogP contribution in [0.3, 0.4) is 0 Å². The zero-order valence-corrected chi connectivity index (χ0v) is 11.7. The van der Waals surface area contributed by atoms with E-state index in [1.165, 1.54) is 0 Å². The molecule has 2 rings (SSSR count). The van der Waals surface area contributed by atoms with Gasteiger partial charge in [-0.3, -0.25) is 4.79 Å². The number of aliphatic hydroxyl groups excluding tert-OH is 1. The minimum Gasteiger partial charge on any atom is -0.396 e. The van der Waals surface area contributed by atoms with Crippen molar-refractivity contribution in [2.75, 3.05) is 13.2 Å². The molecule has 0 radical (unpaired) electrons. The molecule has 1 aromatic heterocycles. The monoisotopic (exact) mass is 273 g/mol. The number of nitrogens with one attached hydrogen (secondary N) is 1. The molecule has 0 aliphatic heterocycles. The molecule has 5 nitrogen and oxygen atoms in total. The van der Waals surface area contributed by atoms with Crippen molar-refractivity contribution in [1.29, 1.82) is 0 Å². The van der Waals surface area contributed by atoms with Crippen molar-refractivity contribution in [1.82, 2.24) is 15.1 Å². The average molecular weight is 273 g/mol. The number of benzene rings is 1. The molecule has 5 heteroatoms. The first-order chi connectivity index (χ1) is 9.61. The van der Waals surface area contributed by atoms with Crippen LogP contribution in [-0.2, 0) is 0 Å². The fourth-order valence-electron chi connectivity index (χ4n) is 1.83. The van der Waals surface area contributed by atoms with Crippen LogP contribution in [0.5, 0.6) is 0 Å². The minimum absolute atomic E-state index is 0.0466. The van der Waals surface area contributed by atoms with Gasteiger partial charge in [-0.2, -0.15) is 5.10 Å². The van der Waals surface area contributed by atoms with Crippen molar-refractivity contribution in [3.05, 3.63) is 47.8 Å². The first-order valence-corrected chi connectivity index (χ1v) is 6.61. The molecular weight excluding hydrogens is 254 g/mol. The van der Waals surface area contributed by atoms with E-state index in [2.05, 4.69) is 10.4 Å². The third kappa shape index (κ3) is 3.24. The first-order valence-electron chi connectivity index (χ1n) is 6.61. The van der Waals surface area contributed by atoms with E-state index in [1.54, 1.807) is 17.1 Å². The number of carbonyl (C=O) groups excluding carboxylic acids is 1. The largest absolute Gasteiger partial charge is 0.396 e. The van der Waals surface area contributed by atoms with Crippen LogP contribution in [0.15, 0.2) is 36.7 Å². The molecule has 0 bridgehead atoms. The van der Waals surface area contributed by atoms with Gasteiger partial charge in [-0.1, -0.05) is 25.1 Å². The fraction of sp³-hybridized carbons (Fsp3) is 0.333. The Balaban J connectivity index is 2.09. The van der Waals surface area contributed by atoms with Crippen LogP contribution in [0, 0.1) is 12.8 Å². The number of aromatic nitrogens is 2. The van der Waals surface area contributed by atoms with E-state index in [0.717, 1.165) is 11.3 Å². The van der Waals surface area contributed by atoms with E-state index in [4.69, 9.17) is 5.11 Å². The fourth-order valence-corrected chi connectivity index (χ4v) is 1.83. The van der Waals surface area contributed by atoms with E-state index in [-0.39, 0.29) is 18.4 Å². The zero-order valence-electron chi connectivity index (χ0n) is 11.7. The molecule has 1 atom stereocenters. The highest BCUT2D eigenvalue weighted by Crippen LogP contribution is 2.13. The normalized spacial score (nSPS) is 12.2. The lowest BCUT2D eigenvalue weighted by Crippen LogP contribution is -2.29. The molecule has 1 amide bonds. The Bertz CT molecular complexity index is 592. The molecule has 1 heterocycles. The van der Waals surface area contributed by atoms with E-state index < -0.39 is 0 Å². The van der Waals surface area contributed by atoms with Crippen LogP contribution in [0.25, 0.3) is 5.69 Å². The SMILES string of the molecule is Cc1ccccc1-n1cc(C(=O)NCC(C)CO)cn1. The summed E-state index contributed by atoms with van der Waals surface area (Å²) in [7, 11) is 0. The van der Waals surface area contributed by atoms with Crippen LogP contribution in [0.1, 0.15) is 22.8 Å². The summed E-state index contributed by atoms with van der Waals surface area (Å²) >= 11 is 0. The zero-order chi connectivity index (χ0) is 14.5. The number of aliphatic hydroxyl groups is 1. The molecule has 0 fully saturated rings. The van der Waals surface area contributed by atoms with Crippen molar-refractivity contribution in [3.63, 3.8) is 0 Å². The number of aryl methyl sites for hydroxylation is 1. The Hall–Kier alpha value is -2.14. The van der Waals surface area contributed by atoms with Crippen LogP contribution in [0.2, 0.25) is 0 Å². The number of hydrogen-bond donors (Lipinski definition) is 2. The molecule has 0 aliphatic rings. The molecule has 0 aliphatic carbocycles. The van der Waals surface area contributed by atoms with Crippen LogP contribution in [0.4, 0.5) is 0 Å². The van der Waals surface area contributed by atoms with Crippen molar-refractivity contribution < 1.29 is 9.90 Å². The van der Waals surface area contributed by atoms with Gasteiger partial charge in [0.15, 0.2) is 0 Å². The first kappa shape index (κ1) is 14.3. The Kier molecular flexibility index (Phi) is 4.53. The molecule has 1 aromatic carbocycles. The topological polar surface area (TPSA) is 67.2 Å². The Labute approximate surface area is 118 Å². The highest BCUT2D eigenvalue weighted by atomic mass is 16.3. The van der Waals surface area contributed by atoms with E-state index in [0.29, 0.717) is 12.1 Å². The Morgan fingerprint density at radius 3 is 2.90 bits per heavy atom. The molecule has 0 saturated carbocycles. The summed E-state index contributed by atoms with van der Waals surface area (Å²) in [6.45, 7) is 4.38. The van der Waals surface area contributed by atoms with Gasteiger partial charge in [-0.15, -0.1) is 0 Å². The molecule has 0 spiro atoms. The maximum absolute atomic E-state index is 11.9. The van der Waals surface area contributed by atoms with Gasteiger partial charge in [-0.25, -0.2) is 4.68 Å². The lowest BCUT2D eigenvalue weighted by atomic mass is 10.2. The van der Waals surface area contributed by atoms with Crippen molar-refractivity contribution in [2.45, 2.75) is 13.8 Å². The molecular formula is C15H19N3O2. The van der Waals surface area contributed by atoms with E-state index >= 15 is 0 Å². The van der Waals surface area contributed by atoms with Crippen LogP contribution >= 0.6 is 0 Å². The quantitative estimate of drug-likeness (QED) is 0.868. The smallest absolute Gasteiger partial charge is 0.254 e. The number of rotatable bonds is 5. The van der Waals surface area contributed by atoms with Gasteiger partial charge < -0.3 is 10.4 Å². The van der Waals surface area contributed by atoms with Gasteiger partial charge in [0.25, 0.3) is 5.91 Å². The van der Waals surface area contributed by atoms with Gasteiger partial charge in [0.2, 0.25) is 0 Å². The summed E-state index contributed by atoms with van der Waals surface area (Å²) in [5.41, 5.74) is 2.56. The lowest BCUT2D eigenvalue weighted by Gasteiger charge is -2.08. The Morgan fingerprint density at radius 1 is 1.45 bits per heavy atom. The van der Waals surface area contributed by atoms with Crippen LogP contribution < -0.4 is 5.32 Å². The van der Waals surface area contributed by atoms with Gasteiger partial charge >= 0.3 is 0 Å². The number of carbonyl (C=O) groups is 1. The standard InChI is InChI=1S/C15H19N3O2/c1-11(10-19)7-16-15(20)13-8-17-18(9-13)14-6-4-3-5-12(14)2/h3-6,8-9,11,19H,7,10H2,1-2H3,(H,16,20). The van der Waals surface area contributed by atoms with E-state index in [9.17, 15) is 4.79 Å². The molecule has 2 aromatic rings. The second-order valence-corrected chi connectivity index (χ2v) is 4.96. The number of hydrogen-bond acceptors (Lipinski definition) is 3. The van der Waals surface area contributed by atoms with E-state index in [1.807, 2.05) is 38.1 Å². The second-order valence-electron chi connectivity index (χ2n) is 4.96.